The zero-order valence-corrected chi connectivity index (χ0v) is 14.9. The first-order valence-electron chi connectivity index (χ1n) is 7.80. The molecule has 1 aliphatic heterocycles. The molecule has 1 fully saturated rings. The van der Waals surface area contributed by atoms with Gasteiger partial charge in [0.15, 0.2) is 0 Å². The first kappa shape index (κ1) is 17.8. The van der Waals surface area contributed by atoms with Crippen molar-refractivity contribution in [3.8, 4) is 0 Å². The Morgan fingerprint density at radius 2 is 1.96 bits per heavy atom. The van der Waals surface area contributed by atoms with Crippen molar-refractivity contribution in [1.82, 2.24) is 10.2 Å². The normalized spacial score (nSPS) is 15.5. The van der Waals surface area contributed by atoms with Crippen LogP contribution in [0, 0.1) is 13.8 Å². The van der Waals surface area contributed by atoms with Crippen LogP contribution in [0.5, 0.6) is 0 Å². The first-order valence-corrected chi connectivity index (χ1v) is 8.18. The lowest BCUT2D eigenvalue weighted by molar-refractivity contribution is -0.127. The molecule has 1 aromatic carbocycles. The fourth-order valence-electron chi connectivity index (χ4n) is 2.54. The summed E-state index contributed by atoms with van der Waals surface area (Å²) >= 11 is 5.79. The van der Waals surface area contributed by atoms with Crippen molar-refractivity contribution in [1.29, 1.82) is 0 Å². The molecule has 0 saturated carbocycles. The van der Waals surface area contributed by atoms with Crippen LogP contribution < -0.4 is 10.6 Å². The van der Waals surface area contributed by atoms with Crippen molar-refractivity contribution in [3.63, 3.8) is 0 Å². The summed E-state index contributed by atoms with van der Waals surface area (Å²) in [5, 5.41) is 5.62. The number of imide groups is 1. The molecule has 26 heavy (non-hydrogen) atoms. The summed E-state index contributed by atoms with van der Waals surface area (Å²) in [6.45, 7) is 3.16. The van der Waals surface area contributed by atoms with Crippen LogP contribution in [-0.4, -0.2) is 29.3 Å². The van der Waals surface area contributed by atoms with E-state index in [9.17, 15) is 14.4 Å². The Morgan fingerprint density at radius 3 is 2.58 bits per heavy atom. The highest BCUT2D eigenvalue weighted by atomic mass is 35.5. The highest BCUT2D eigenvalue weighted by Crippen LogP contribution is 2.20. The summed E-state index contributed by atoms with van der Waals surface area (Å²) in [6, 6.07) is 7.62. The van der Waals surface area contributed by atoms with Crippen molar-refractivity contribution >= 4 is 41.2 Å². The molecule has 0 unspecified atom stereocenters. The van der Waals surface area contributed by atoms with Crippen LogP contribution >= 0.6 is 11.6 Å². The topological polar surface area (TPSA) is 91.7 Å². The van der Waals surface area contributed by atoms with Gasteiger partial charge in [0.1, 0.15) is 23.8 Å². The Hall–Kier alpha value is -3.06. The molecule has 0 atom stereocenters. The van der Waals surface area contributed by atoms with Gasteiger partial charge in [0.05, 0.1) is 0 Å². The SMILES string of the molecule is Cc1cc(/C=C2\NC(=O)N(CC(=O)Nc3ccc(Cl)cc3)C2=O)c(C)o1. The Labute approximate surface area is 154 Å². The summed E-state index contributed by atoms with van der Waals surface area (Å²) in [4.78, 5) is 37.4. The Kier molecular flexibility index (Phi) is 4.81. The van der Waals surface area contributed by atoms with Crippen molar-refractivity contribution in [3.05, 3.63) is 58.1 Å². The third-order valence-corrected chi connectivity index (χ3v) is 4.02. The number of furan rings is 1. The number of benzene rings is 1. The Bertz CT molecular complexity index is 915. The fourth-order valence-corrected chi connectivity index (χ4v) is 2.67. The third-order valence-electron chi connectivity index (χ3n) is 3.77. The molecule has 134 valence electrons. The highest BCUT2D eigenvalue weighted by molar-refractivity contribution is 6.30. The molecule has 1 aromatic heterocycles. The average molecular weight is 374 g/mol. The third kappa shape index (κ3) is 3.78. The zero-order chi connectivity index (χ0) is 18.8. The minimum Gasteiger partial charge on any atom is -0.466 e. The van der Waals surface area contributed by atoms with Gasteiger partial charge in [0.2, 0.25) is 5.91 Å². The van der Waals surface area contributed by atoms with Crippen LogP contribution in [0.4, 0.5) is 10.5 Å². The quantitative estimate of drug-likeness (QED) is 0.636. The molecule has 0 aliphatic carbocycles. The van der Waals surface area contributed by atoms with Crippen molar-refractivity contribution < 1.29 is 18.8 Å². The lowest BCUT2D eigenvalue weighted by atomic mass is 10.2. The van der Waals surface area contributed by atoms with E-state index in [0.29, 0.717) is 27.8 Å². The number of hydrogen-bond acceptors (Lipinski definition) is 4. The first-order chi connectivity index (χ1) is 12.3. The molecule has 8 heteroatoms. The number of hydrogen-bond donors (Lipinski definition) is 2. The molecule has 0 bridgehead atoms. The van der Waals surface area contributed by atoms with Crippen molar-refractivity contribution in [2.75, 3.05) is 11.9 Å². The van der Waals surface area contributed by atoms with Gasteiger partial charge in [0.25, 0.3) is 5.91 Å². The molecule has 1 saturated heterocycles. The monoisotopic (exact) mass is 373 g/mol. The van der Waals surface area contributed by atoms with Crippen LogP contribution in [-0.2, 0) is 9.59 Å². The molecule has 2 N–H and O–H groups in total. The van der Waals surface area contributed by atoms with E-state index in [0.717, 1.165) is 4.90 Å². The molecule has 1 aliphatic rings. The number of carbonyl (C=O) groups excluding carboxylic acids is 3. The maximum absolute atomic E-state index is 12.4. The van der Waals surface area contributed by atoms with E-state index < -0.39 is 24.4 Å². The summed E-state index contributed by atoms with van der Waals surface area (Å²) in [7, 11) is 0. The summed E-state index contributed by atoms with van der Waals surface area (Å²) in [6.07, 6.45) is 1.53. The smallest absolute Gasteiger partial charge is 0.329 e. The van der Waals surface area contributed by atoms with E-state index in [-0.39, 0.29) is 5.70 Å². The lowest BCUT2D eigenvalue weighted by Gasteiger charge is -2.11. The summed E-state index contributed by atoms with van der Waals surface area (Å²) in [5.74, 6) is 0.271. The molecular weight excluding hydrogens is 358 g/mol. The molecular formula is C18H16ClN3O4. The number of anilines is 1. The molecule has 3 rings (SSSR count). The minimum absolute atomic E-state index is 0.0955. The number of amides is 4. The fraction of sp³-hybridized carbons (Fsp3) is 0.167. The van der Waals surface area contributed by atoms with Gasteiger partial charge in [-0.25, -0.2) is 9.69 Å². The van der Waals surface area contributed by atoms with Gasteiger partial charge in [-0.1, -0.05) is 11.6 Å². The van der Waals surface area contributed by atoms with Crippen LogP contribution in [0.1, 0.15) is 17.1 Å². The molecule has 4 amide bonds. The molecule has 2 heterocycles. The van der Waals surface area contributed by atoms with Crippen LogP contribution in [0.25, 0.3) is 6.08 Å². The van der Waals surface area contributed by atoms with Crippen molar-refractivity contribution in [2.45, 2.75) is 13.8 Å². The highest BCUT2D eigenvalue weighted by Gasteiger charge is 2.35. The van der Waals surface area contributed by atoms with Crippen molar-refractivity contribution in [2.24, 2.45) is 0 Å². The van der Waals surface area contributed by atoms with Crippen LogP contribution in [0.3, 0.4) is 0 Å². The van der Waals surface area contributed by atoms with E-state index in [2.05, 4.69) is 10.6 Å². The molecule has 7 nitrogen and oxygen atoms in total. The van der Waals surface area contributed by atoms with E-state index >= 15 is 0 Å². The lowest BCUT2D eigenvalue weighted by Crippen LogP contribution is -2.38. The predicted octanol–water partition coefficient (Wildman–Crippen LogP) is 3.08. The van der Waals surface area contributed by atoms with Gasteiger partial charge in [-0.15, -0.1) is 0 Å². The zero-order valence-electron chi connectivity index (χ0n) is 14.1. The number of rotatable bonds is 4. The minimum atomic E-state index is -0.648. The maximum Gasteiger partial charge on any atom is 0.329 e. The van der Waals surface area contributed by atoms with Gasteiger partial charge in [0, 0.05) is 16.3 Å². The Balaban J connectivity index is 1.70. The van der Waals surface area contributed by atoms with Crippen LogP contribution in [0.2, 0.25) is 5.02 Å². The summed E-state index contributed by atoms with van der Waals surface area (Å²) < 4.78 is 5.40. The molecule has 2 aromatic rings. The van der Waals surface area contributed by atoms with E-state index in [4.69, 9.17) is 16.0 Å². The Morgan fingerprint density at radius 1 is 1.27 bits per heavy atom. The second kappa shape index (κ2) is 7.05. The molecule has 0 spiro atoms. The second-order valence-corrected chi connectivity index (χ2v) is 6.24. The number of aryl methyl sites for hydroxylation is 2. The van der Waals surface area contributed by atoms with Gasteiger partial charge >= 0.3 is 6.03 Å². The maximum atomic E-state index is 12.4. The second-order valence-electron chi connectivity index (χ2n) is 5.80. The van der Waals surface area contributed by atoms with Gasteiger partial charge < -0.3 is 15.1 Å². The number of nitrogens with one attached hydrogen (secondary N) is 2. The predicted molar refractivity (Wildman–Crippen MR) is 96.5 cm³/mol. The van der Waals surface area contributed by atoms with E-state index in [1.807, 2.05) is 0 Å². The van der Waals surface area contributed by atoms with Gasteiger partial charge in [-0.2, -0.15) is 0 Å². The number of urea groups is 1. The standard InChI is InChI=1S/C18H16ClN3O4/c1-10-7-12(11(2)26-10)8-15-17(24)22(18(25)21-15)9-16(23)20-14-5-3-13(19)4-6-14/h3-8H,9H2,1-2H3,(H,20,23)(H,21,25)/b15-8-. The van der Waals surface area contributed by atoms with Gasteiger partial charge in [-0.05, 0) is 50.3 Å². The van der Waals surface area contributed by atoms with E-state index in [1.165, 1.54) is 6.08 Å². The number of carbonyl (C=O) groups is 3. The van der Waals surface area contributed by atoms with Crippen LogP contribution in [0.15, 0.2) is 40.4 Å². The van der Waals surface area contributed by atoms with Gasteiger partial charge in [-0.3, -0.25) is 9.59 Å². The number of halogens is 1. The summed E-state index contributed by atoms with van der Waals surface area (Å²) in [5.41, 5.74) is 1.31. The average Bonchev–Trinajstić information content (AvgIpc) is 3.03. The number of nitrogens with zero attached hydrogens (tertiary/aromatic N) is 1. The molecule has 0 radical (unpaired) electrons. The largest absolute Gasteiger partial charge is 0.466 e. The van der Waals surface area contributed by atoms with E-state index in [1.54, 1.807) is 44.2 Å².